The molecular weight excluding hydrogens is 354 g/mol. The molecule has 2 aromatic rings. The molecule has 2 aromatic carbocycles. The maximum atomic E-state index is 12.1. The fraction of sp³-hybridized carbons (Fsp3) is 0.263. The Balaban J connectivity index is 1.58. The molecule has 1 aliphatic rings. The molecule has 1 aliphatic heterocycles. The maximum absolute atomic E-state index is 12.1. The molecule has 1 unspecified atom stereocenters. The third-order valence-electron chi connectivity index (χ3n) is 4.02. The van der Waals surface area contributed by atoms with Crippen molar-refractivity contribution in [1.29, 1.82) is 0 Å². The number of hydrogen-bond donors (Lipinski definition) is 0. The highest BCUT2D eigenvalue weighted by atomic mass is 16.6. The summed E-state index contributed by atoms with van der Waals surface area (Å²) in [4.78, 5) is 34.3. The minimum atomic E-state index is -0.729. The monoisotopic (exact) mass is 371 g/mol. The van der Waals surface area contributed by atoms with Crippen molar-refractivity contribution in [2.45, 2.75) is 18.9 Å². The highest BCUT2D eigenvalue weighted by Gasteiger charge is 2.18. The molecule has 0 N–H and O–H groups in total. The summed E-state index contributed by atoms with van der Waals surface area (Å²) in [5, 5.41) is 10.8. The second kappa shape index (κ2) is 8.41. The number of benzene rings is 2. The van der Waals surface area contributed by atoms with Gasteiger partial charge in [-0.15, -0.1) is 0 Å². The van der Waals surface area contributed by atoms with Crippen molar-refractivity contribution in [2.24, 2.45) is 0 Å². The number of non-ortho nitro benzene ring substituents is 1. The lowest BCUT2D eigenvalue weighted by Crippen LogP contribution is -2.17. The number of nitrogens with zero attached hydrogens (tertiary/aromatic N) is 1. The predicted octanol–water partition coefficient (Wildman–Crippen LogP) is 3.15. The largest absolute Gasteiger partial charge is 0.459 e. The van der Waals surface area contributed by atoms with E-state index < -0.39 is 16.9 Å². The Morgan fingerprint density at radius 3 is 2.56 bits per heavy atom. The van der Waals surface area contributed by atoms with E-state index in [9.17, 15) is 19.7 Å². The zero-order valence-electron chi connectivity index (χ0n) is 14.3. The molecule has 27 heavy (non-hydrogen) atoms. The fourth-order valence-electron chi connectivity index (χ4n) is 2.60. The van der Waals surface area contributed by atoms with E-state index in [2.05, 4.69) is 0 Å². The summed E-state index contributed by atoms with van der Waals surface area (Å²) in [5.74, 6) is -1.00. The Hall–Kier alpha value is -3.26. The van der Waals surface area contributed by atoms with Gasteiger partial charge >= 0.3 is 11.9 Å². The average molecular weight is 371 g/mol. The summed E-state index contributed by atoms with van der Waals surface area (Å²) in [6.45, 7) is 0.898. The van der Waals surface area contributed by atoms with Crippen molar-refractivity contribution in [3.8, 4) is 5.75 Å². The van der Waals surface area contributed by atoms with Crippen LogP contribution in [0, 0.1) is 10.1 Å². The van der Waals surface area contributed by atoms with Crippen molar-refractivity contribution < 1.29 is 28.7 Å². The van der Waals surface area contributed by atoms with Crippen LogP contribution < -0.4 is 4.74 Å². The van der Waals surface area contributed by atoms with Crippen molar-refractivity contribution >= 4 is 17.6 Å². The standard InChI is InChI=1S/C19H17NO7/c21-18(26-12-17-5-2-10-25-17)13-6-8-16(9-7-13)27-19(22)14-3-1-4-15(11-14)20(23)24/h1,3-4,6-9,11,17H,2,5,10,12H2. The normalized spacial score (nSPS) is 15.9. The minimum absolute atomic E-state index is 0.0518. The van der Waals surface area contributed by atoms with E-state index in [-0.39, 0.29) is 29.7 Å². The number of nitro benzene ring substituents is 1. The van der Waals surface area contributed by atoms with Gasteiger partial charge in [0.15, 0.2) is 0 Å². The summed E-state index contributed by atoms with van der Waals surface area (Å²) in [6.07, 6.45) is 1.79. The molecule has 1 fully saturated rings. The fourth-order valence-corrected chi connectivity index (χ4v) is 2.60. The van der Waals surface area contributed by atoms with Crippen LogP contribution in [0.5, 0.6) is 5.75 Å². The topological polar surface area (TPSA) is 105 Å². The molecule has 1 saturated heterocycles. The molecule has 0 saturated carbocycles. The van der Waals surface area contributed by atoms with Gasteiger partial charge < -0.3 is 14.2 Å². The van der Waals surface area contributed by atoms with Gasteiger partial charge in [-0.3, -0.25) is 10.1 Å². The van der Waals surface area contributed by atoms with Gasteiger partial charge in [0.05, 0.1) is 22.2 Å². The first-order valence-electron chi connectivity index (χ1n) is 8.38. The zero-order valence-corrected chi connectivity index (χ0v) is 14.3. The summed E-state index contributed by atoms with van der Waals surface area (Å²) < 4.78 is 15.8. The van der Waals surface area contributed by atoms with Crippen molar-refractivity contribution in [3.05, 3.63) is 69.8 Å². The van der Waals surface area contributed by atoms with Crippen LogP contribution in [0.15, 0.2) is 48.5 Å². The number of carbonyl (C=O) groups excluding carboxylic acids is 2. The smallest absolute Gasteiger partial charge is 0.343 e. The lowest BCUT2D eigenvalue weighted by molar-refractivity contribution is -0.384. The van der Waals surface area contributed by atoms with E-state index in [0.29, 0.717) is 12.2 Å². The number of carbonyl (C=O) groups is 2. The van der Waals surface area contributed by atoms with Crippen LogP contribution in [0.1, 0.15) is 33.6 Å². The minimum Gasteiger partial charge on any atom is -0.459 e. The molecule has 0 radical (unpaired) electrons. The highest BCUT2D eigenvalue weighted by molar-refractivity contribution is 5.92. The van der Waals surface area contributed by atoms with Crippen LogP contribution in [0.3, 0.4) is 0 Å². The summed E-state index contributed by atoms with van der Waals surface area (Å²) in [6, 6.07) is 11.1. The van der Waals surface area contributed by atoms with E-state index in [1.807, 2.05) is 0 Å². The molecule has 8 nitrogen and oxygen atoms in total. The van der Waals surface area contributed by atoms with E-state index in [4.69, 9.17) is 14.2 Å². The predicted molar refractivity (Wildman–Crippen MR) is 93.8 cm³/mol. The molecule has 0 amide bonds. The number of hydrogen-bond acceptors (Lipinski definition) is 7. The van der Waals surface area contributed by atoms with E-state index in [1.165, 1.54) is 42.5 Å². The van der Waals surface area contributed by atoms with Gasteiger partial charge in [0, 0.05) is 18.7 Å². The Morgan fingerprint density at radius 1 is 1.11 bits per heavy atom. The first-order chi connectivity index (χ1) is 13.0. The van der Waals surface area contributed by atoms with Crippen LogP contribution in [0.4, 0.5) is 5.69 Å². The first-order valence-corrected chi connectivity index (χ1v) is 8.38. The third kappa shape index (κ3) is 4.89. The Kier molecular flexibility index (Phi) is 5.77. The van der Waals surface area contributed by atoms with Gasteiger partial charge in [0.1, 0.15) is 12.4 Å². The number of ether oxygens (including phenoxy) is 3. The molecule has 0 aromatic heterocycles. The molecule has 1 atom stereocenters. The molecule has 0 bridgehead atoms. The van der Waals surface area contributed by atoms with Crippen molar-refractivity contribution in [2.75, 3.05) is 13.2 Å². The van der Waals surface area contributed by atoms with E-state index in [0.717, 1.165) is 18.9 Å². The summed E-state index contributed by atoms with van der Waals surface area (Å²) in [5.41, 5.74) is 0.182. The summed E-state index contributed by atoms with van der Waals surface area (Å²) in [7, 11) is 0. The van der Waals surface area contributed by atoms with Crippen LogP contribution in [-0.2, 0) is 9.47 Å². The molecular formula is C19H17NO7. The second-order valence-electron chi connectivity index (χ2n) is 5.95. The number of nitro groups is 1. The number of rotatable bonds is 6. The maximum Gasteiger partial charge on any atom is 0.343 e. The van der Waals surface area contributed by atoms with Crippen LogP contribution in [0.2, 0.25) is 0 Å². The van der Waals surface area contributed by atoms with Gasteiger partial charge in [-0.05, 0) is 43.2 Å². The van der Waals surface area contributed by atoms with E-state index >= 15 is 0 Å². The Bertz CT molecular complexity index is 841. The summed E-state index contributed by atoms with van der Waals surface area (Å²) >= 11 is 0. The van der Waals surface area contributed by atoms with Gasteiger partial charge in [-0.25, -0.2) is 9.59 Å². The average Bonchev–Trinajstić information content (AvgIpc) is 3.20. The first kappa shape index (κ1) is 18.5. The molecule has 140 valence electrons. The zero-order chi connectivity index (χ0) is 19.2. The van der Waals surface area contributed by atoms with Crippen molar-refractivity contribution in [1.82, 2.24) is 0 Å². The van der Waals surface area contributed by atoms with Gasteiger partial charge in [0.25, 0.3) is 5.69 Å². The Labute approximate surface area is 154 Å². The van der Waals surface area contributed by atoms with Crippen molar-refractivity contribution in [3.63, 3.8) is 0 Å². The van der Waals surface area contributed by atoms with Gasteiger partial charge in [0.2, 0.25) is 0 Å². The van der Waals surface area contributed by atoms with Gasteiger partial charge in [-0.1, -0.05) is 6.07 Å². The molecule has 1 heterocycles. The quantitative estimate of drug-likeness (QED) is 0.332. The Morgan fingerprint density at radius 2 is 1.89 bits per heavy atom. The number of esters is 2. The third-order valence-corrected chi connectivity index (χ3v) is 4.02. The van der Waals surface area contributed by atoms with Crippen LogP contribution >= 0.6 is 0 Å². The van der Waals surface area contributed by atoms with E-state index in [1.54, 1.807) is 0 Å². The lowest BCUT2D eigenvalue weighted by atomic mass is 10.2. The molecule has 0 spiro atoms. The SMILES string of the molecule is O=C(OCC1CCCO1)c1ccc(OC(=O)c2cccc([N+](=O)[O-])c2)cc1. The lowest BCUT2D eigenvalue weighted by Gasteiger charge is -2.10. The second-order valence-corrected chi connectivity index (χ2v) is 5.95. The molecule has 8 heteroatoms. The molecule has 3 rings (SSSR count). The van der Waals surface area contributed by atoms with Crippen LogP contribution in [0.25, 0.3) is 0 Å². The molecule has 0 aliphatic carbocycles. The van der Waals surface area contributed by atoms with Gasteiger partial charge in [-0.2, -0.15) is 0 Å². The highest BCUT2D eigenvalue weighted by Crippen LogP contribution is 2.18. The van der Waals surface area contributed by atoms with Crippen LogP contribution in [-0.4, -0.2) is 36.2 Å².